The predicted octanol–water partition coefficient (Wildman–Crippen LogP) is 1.36. The molecule has 0 saturated heterocycles. The number of aryl methyl sites for hydroxylation is 1. The van der Waals surface area contributed by atoms with Crippen LogP contribution < -0.4 is 0 Å². The van der Waals surface area contributed by atoms with Crippen LogP contribution in [0.1, 0.15) is 11.5 Å². The van der Waals surface area contributed by atoms with Crippen LogP contribution in [0.15, 0.2) is 16.5 Å². The minimum absolute atomic E-state index is 0.0561. The number of amides is 1. The van der Waals surface area contributed by atoms with Crippen LogP contribution in [-0.4, -0.2) is 40.4 Å². The minimum Gasteiger partial charge on any atom is -0.481 e. The van der Waals surface area contributed by atoms with Gasteiger partial charge in [-0.1, -0.05) is 0 Å². The third kappa shape index (κ3) is 4.95. The molecule has 0 fully saturated rings. The lowest BCUT2D eigenvalue weighted by molar-refractivity contribution is -0.133. The summed E-state index contributed by atoms with van der Waals surface area (Å²) in [5.74, 6) is 0.627. The van der Waals surface area contributed by atoms with E-state index in [4.69, 9.17) is 9.52 Å². The summed E-state index contributed by atoms with van der Waals surface area (Å²) in [7, 11) is 1.67. The molecule has 0 saturated carbocycles. The third-order valence-electron chi connectivity index (χ3n) is 2.07. The van der Waals surface area contributed by atoms with Crippen molar-refractivity contribution in [3.05, 3.63) is 23.7 Å². The van der Waals surface area contributed by atoms with Crippen LogP contribution >= 0.6 is 11.8 Å². The lowest BCUT2D eigenvalue weighted by Gasteiger charge is -2.15. The van der Waals surface area contributed by atoms with E-state index in [0.717, 1.165) is 23.3 Å². The van der Waals surface area contributed by atoms with E-state index >= 15 is 0 Å². The Hall–Kier alpha value is -1.43. The standard InChI is InChI=1S/C11H15NO4S/c1-8-3-4-9(16-8)5-12(2)10(13)6-17-7-11(14)15/h3-4H,5-7H2,1-2H3,(H,14,15). The number of carboxylic acid groups (broad SMARTS) is 1. The Balaban J connectivity index is 2.34. The highest BCUT2D eigenvalue weighted by Crippen LogP contribution is 2.10. The predicted molar refractivity (Wildman–Crippen MR) is 64.9 cm³/mol. The fourth-order valence-corrected chi connectivity index (χ4v) is 1.90. The summed E-state index contributed by atoms with van der Waals surface area (Å²) in [5.41, 5.74) is 0. The van der Waals surface area contributed by atoms with E-state index in [-0.39, 0.29) is 17.4 Å². The van der Waals surface area contributed by atoms with Crippen molar-refractivity contribution < 1.29 is 19.1 Å². The number of nitrogens with zero attached hydrogens (tertiary/aromatic N) is 1. The summed E-state index contributed by atoms with van der Waals surface area (Å²) < 4.78 is 5.35. The topological polar surface area (TPSA) is 70.8 Å². The first-order valence-corrected chi connectivity index (χ1v) is 6.23. The molecule has 0 aliphatic rings. The van der Waals surface area contributed by atoms with E-state index in [1.807, 2.05) is 19.1 Å². The number of carbonyl (C=O) groups is 2. The average molecular weight is 257 g/mol. The summed E-state index contributed by atoms with van der Waals surface area (Å²) in [6.07, 6.45) is 0. The molecule has 1 N–H and O–H groups in total. The molecular formula is C11H15NO4S. The molecule has 0 unspecified atom stereocenters. The molecule has 0 spiro atoms. The van der Waals surface area contributed by atoms with Crippen molar-refractivity contribution in [3.63, 3.8) is 0 Å². The van der Waals surface area contributed by atoms with Crippen molar-refractivity contribution in [2.24, 2.45) is 0 Å². The average Bonchev–Trinajstić information content (AvgIpc) is 2.63. The zero-order valence-corrected chi connectivity index (χ0v) is 10.6. The van der Waals surface area contributed by atoms with Crippen LogP contribution in [0.3, 0.4) is 0 Å². The summed E-state index contributed by atoms with van der Waals surface area (Å²) in [4.78, 5) is 23.4. The van der Waals surface area contributed by atoms with Gasteiger partial charge in [0.15, 0.2) is 0 Å². The van der Waals surface area contributed by atoms with Gasteiger partial charge in [0.1, 0.15) is 11.5 Å². The first-order chi connectivity index (χ1) is 7.99. The van der Waals surface area contributed by atoms with Crippen molar-refractivity contribution in [1.82, 2.24) is 4.90 Å². The highest BCUT2D eigenvalue weighted by molar-refractivity contribution is 8.00. The zero-order valence-electron chi connectivity index (χ0n) is 9.80. The molecule has 1 aromatic heterocycles. The number of carbonyl (C=O) groups excluding carboxylic acids is 1. The molecule has 0 aliphatic carbocycles. The van der Waals surface area contributed by atoms with E-state index in [1.165, 1.54) is 4.90 Å². The molecule has 17 heavy (non-hydrogen) atoms. The molecular weight excluding hydrogens is 242 g/mol. The van der Waals surface area contributed by atoms with Gasteiger partial charge in [-0.3, -0.25) is 9.59 Å². The Bertz CT molecular complexity index is 402. The van der Waals surface area contributed by atoms with Gasteiger partial charge in [-0.2, -0.15) is 0 Å². The van der Waals surface area contributed by atoms with Gasteiger partial charge < -0.3 is 14.4 Å². The second-order valence-electron chi connectivity index (χ2n) is 3.65. The van der Waals surface area contributed by atoms with Crippen molar-refractivity contribution in [3.8, 4) is 0 Å². The van der Waals surface area contributed by atoms with Gasteiger partial charge in [0, 0.05) is 7.05 Å². The number of aliphatic carboxylic acids is 1. The SMILES string of the molecule is Cc1ccc(CN(C)C(=O)CSCC(=O)O)o1. The number of carboxylic acids is 1. The number of furan rings is 1. The quantitative estimate of drug-likeness (QED) is 0.833. The van der Waals surface area contributed by atoms with Gasteiger partial charge in [0.05, 0.1) is 18.1 Å². The van der Waals surface area contributed by atoms with E-state index in [2.05, 4.69) is 0 Å². The summed E-state index contributed by atoms with van der Waals surface area (Å²) in [6, 6.07) is 3.66. The first-order valence-electron chi connectivity index (χ1n) is 5.08. The van der Waals surface area contributed by atoms with Crippen molar-refractivity contribution in [1.29, 1.82) is 0 Å². The first kappa shape index (κ1) is 13.6. The molecule has 1 heterocycles. The van der Waals surface area contributed by atoms with Gasteiger partial charge >= 0.3 is 5.97 Å². The lowest BCUT2D eigenvalue weighted by Crippen LogP contribution is -2.28. The number of thioether (sulfide) groups is 1. The highest BCUT2D eigenvalue weighted by Gasteiger charge is 2.11. The van der Waals surface area contributed by atoms with Gasteiger partial charge in [-0.15, -0.1) is 11.8 Å². The maximum atomic E-state index is 11.6. The largest absolute Gasteiger partial charge is 0.481 e. The van der Waals surface area contributed by atoms with Crippen LogP contribution in [0, 0.1) is 6.92 Å². The van der Waals surface area contributed by atoms with Crippen molar-refractivity contribution in [2.75, 3.05) is 18.6 Å². The maximum absolute atomic E-state index is 11.6. The van der Waals surface area contributed by atoms with E-state index in [0.29, 0.717) is 6.54 Å². The Morgan fingerprint density at radius 3 is 2.65 bits per heavy atom. The molecule has 1 aromatic rings. The molecule has 6 heteroatoms. The molecule has 94 valence electrons. The maximum Gasteiger partial charge on any atom is 0.313 e. The fourth-order valence-electron chi connectivity index (χ4n) is 1.23. The van der Waals surface area contributed by atoms with Crippen molar-refractivity contribution in [2.45, 2.75) is 13.5 Å². The number of hydrogen-bond acceptors (Lipinski definition) is 4. The second-order valence-corrected chi connectivity index (χ2v) is 4.63. The zero-order chi connectivity index (χ0) is 12.8. The van der Waals surface area contributed by atoms with Gasteiger partial charge in [0.2, 0.25) is 5.91 Å². The summed E-state index contributed by atoms with van der Waals surface area (Å²) >= 11 is 1.09. The van der Waals surface area contributed by atoms with Crippen LogP contribution in [0.5, 0.6) is 0 Å². The fraction of sp³-hybridized carbons (Fsp3) is 0.455. The molecule has 0 atom stereocenters. The van der Waals surface area contributed by atoms with Gasteiger partial charge in [0.25, 0.3) is 0 Å². The molecule has 5 nitrogen and oxygen atoms in total. The molecule has 0 aromatic carbocycles. The third-order valence-corrected chi connectivity index (χ3v) is 2.97. The normalized spacial score (nSPS) is 10.2. The van der Waals surface area contributed by atoms with Crippen LogP contribution in [0.25, 0.3) is 0 Å². The minimum atomic E-state index is -0.910. The van der Waals surface area contributed by atoms with Crippen molar-refractivity contribution >= 4 is 23.6 Å². The molecule has 0 aliphatic heterocycles. The Morgan fingerprint density at radius 1 is 1.41 bits per heavy atom. The van der Waals surface area contributed by atoms with E-state index < -0.39 is 5.97 Å². The van der Waals surface area contributed by atoms with Crippen LogP contribution in [0.4, 0.5) is 0 Å². The van der Waals surface area contributed by atoms with Gasteiger partial charge in [-0.25, -0.2) is 0 Å². The second kappa shape index (κ2) is 6.34. The van der Waals surface area contributed by atoms with Gasteiger partial charge in [-0.05, 0) is 19.1 Å². The highest BCUT2D eigenvalue weighted by atomic mass is 32.2. The monoisotopic (exact) mass is 257 g/mol. The molecule has 0 bridgehead atoms. The summed E-state index contributed by atoms with van der Waals surface area (Å²) in [5, 5.41) is 8.44. The number of hydrogen-bond donors (Lipinski definition) is 1. The number of rotatable bonds is 6. The van der Waals surface area contributed by atoms with E-state index in [9.17, 15) is 9.59 Å². The van der Waals surface area contributed by atoms with Crippen LogP contribution in [0.2, 0.25) is 0 Å². The van der Waals surface area contributed by atoms with Crippen LogP contribution in [-0.2, 0) is 16.1 Å². The smallest absolute Gasteiger partial charge is 0.313 e. The Labute approximate surface area is 104 Å². The summed E-state index contributed by atoms with van der Waals surface area (Å²) in [6.45, 7) is 2.24. The molecule has 1 rings (SSSR count). The van der Waals surface area contributed by atoms with E-state index in [1.54, 1.807) is 7.05 Å². The Kier molecular flexibility index (Phi) is 5.09. The molecule has 1 amide bonds. The lowest BCUT2D eigenvalue weighted by atomic mass is 10.4. The molecule has 0 radical (unpaired) electrons. The Morgan fingerprint density at radius 2 is 2.12 bits per heavy atom.